The molecule has 0 aromatic carbocycles. The molecular weight excluding hydrogens is 496 g/mol. The van der Waals surface area contributed by atoms with Crippen LogP contribution in [0.25, 0.3) is 0 Å². The van der Waals surface area contributed by atoms with Crippen LogP contribution in [0.1, 0.15) is 27.7 Å². The van der Waals surface area contributed by atoms with Gasteiger partial charge in [0, 0.05) is 18.5 Å². The summed E-state index contributed by atoms with van der Waals surface area (Å²) in [5.74, 6) is 1.71. The highest BCUT2D eigenvalue weighted by atomic mass is 32.2. The molecule has 4 heterocycles. The van der Waals surface area contributed by atoms with Gasteiger partial charge in [-0.25, -0.2) is 28.9 Å². The van der Waals surface area contributed by atoms with Gasteiger partial charge < -0.3 is 25.4 Å². The molecule has 3 aromatic rings. The smallest absolute Gasteiger partial charge is 0.442 e. The summed E-state index contributed by atoms with van der Waals surface area (Å²) < 4.78 is 27.6. The molecule has 1 amide bonds. The number of ether oxygens (including phenoxy) is 2. The molecule has 12 nitrogen and oxygen atoms in total. The van der Waals surface area contributed by atoms with Crippen molar-refractivity contribution in [3.05, 3.63) is 49.1 Å². The lowest BCUT2D eigenvalue weighted by Crippen LogP contribution is -2.53. The Balaban J connectivity index is 1.49. The molecule has 0 radical (unpaired) electrons. The largest absolute Gasteiger partial charge is 0.442 e. The van der Waals surface area contributed by atoms with Crippen molar-refractivity contribution in [1.29, 1.82) is 0 Å². The lowest BCUT2D eigenvalue weighted by Gasteiger charge is -2.39. The average molecular weight is 527 g/mol. The third-order valence-electron chi connectivity index (χ3n) is 5.04. The van der Waals surface area contributed by atoms with E-state index in [9.17, 15) is 9.00 Å². The van der Waals surface area contributed by atoms with Crippen LogP contribution in [0.2, 0.25) is 0 Å². The fourth-order valence-corrected chi connectivity index (χ4v) is 4.59. The molecule has 3 aromatic heterocycles. The summed E-state index contributed by atoms with van der Waals surface area (Å²) in [6.45, 7) is 8.53. The van der Waals surface area contributed by atoms with Crippen molar-refractivity contribution >= 4 is 44.8 Å². The van der Waals surface area contributed by atoms with Crippen LogP contribution in [0.4, 0.5) is 33.8 Å². The van der Waals surface area contributed by atoms with Gasteiger partial charge in [-0.05, 0) is 52.0 Å². The lowest BCUT2D eigenvalue weighted by atomic mass is 10.0. The number of hydrogen-bond acceptors (Lipinski definition) is 11. The van der Waals surface area contributed by atoms with Crippen molar-refractivity contribution in [2.75, 3.05) is 35.4 Å². The quantitative estimate of drug-likeness (QED) is 0.403. The monoisotopic (exact) mass is 526 g/mol. The Labute approximate surface area is 215 Å². The molecule has 1 fully saturated rings. The van der Waals surface area contributed by atoms with E-state index in [1.807, 2.05) is 12.1 Å². The lowest BCUT2D eigenvalue weighted by molar-refractivity contribution is -0.0318. The Morgan fingerprint density at radius 1 is 1.08 bits per heavy atom. The Kier molecular flexibility index (Phi) is 7.28. The van der Waals surface area contributed by atoms with Crippen molar-refractivity contribution in [2.24, 2.45) is 4.36 Å². The number of nitrogens with one attached hydrogen (secondary N) is 3. The Morgan fingerprint density at radius 2 is 1.81 bits per heavy atom. The number of hydrogen-bond donors (Lipinski definition) is 3. The van der Waals surface area contributed by atoms with Gasteiger partial charge in [0.2, 0.25) is 0 Å². The van der Waals surface area contributed by atoms with Crippen LogP contribution in [0.3, 0.4) is 0 Å². The second-order valence-electron chi connectivity index (χ2n) is 9.87. The van der Waals surface area contributed by atoms with E-state index in [-0.39, 0.29) is 16.3 Å². The van der Waals surface area contributed by atoms with Gasteiger partial charge in [-0.15, -0.1) is 4.36 Å². The molecule has 1 saturated heterocycles. The molecule has 1 atom stereocenters. The number of rotatable bonds is 7. The Bertz CT molecular complexity index is 1390. The highest BCUT2D eigenvalue weighted by Crippen LogP contribution is 2.26. The molecule has 1 aliphatic heterocycles. The van der Waals surface area contributed by atoms with Gasteiger partial charge in [0.05, 0.1) is 45.3 Å². The second-order valence-corrected chi connectivity index (χ2v) is 12.1. The van der Waals surface area contributed by atoms with Crippen LogP contribution in [-0.4, -0.2) is 60.8 Å². The van der Waals surface area contributed by atoms with Crippen molar-refractivity contribution in [2.45, 2.75) is 43.7 Å². The van der Waals surface area contributed by atoms with Crippen molar-refractivity contribution < 1.29 is 18.5 Å². The van der Waals surface area contributed by atoms with Gasteiger partial charge in [-0.2, -0.15) is 0 Å². The van der Waals surface area contributed by atoms with Crippen molar-refractivity contribution in [3.8, 4) is 0 Å². The van der Waals surface area contributed by atoms with Crippen LogP contribution < -0.4 is 16.0 Å². The van der Waals surface area contributed by atoms with Crippen LogP contribution >= 0.6 is 0 Å². The Morgan fingerprint density at radius 3 is 2.43 bits per heavy atom. The minimum absolute atomic E-state index is 0.0732. The zero-order valence-corrected chi connectivity index (χ0v) is 22.1. The number of nitrogens with zero attached hydrogens (tertiary/aromatic N) is 5. The number of amides is 1. The van der Waals surface area contributed by atoms with E-state index in [0.717, 1.165) is 5.69 Å². The molecule has 0 spiro atoms. The second kappa shape index (κ2) is 10.3. The zero-order valence-electron chi connectivity index (χ0n) is 21.3. The number of aromatic nitrogens is 4. The first kappa shape index (κ1) is 26.2. The normalized spacial score (nSPS) is 16.0. The summed E-state index contributed by atoms with van der Waals surface area (Å²) in [6.07, 6.45) is 5.08. The maximum atomic E-state index is 13.3. The van der Waals surface area contributed by atoms with E-state index in [2.05, 4.69) is 47.2 Å². The highest BCUT2D eigenvalue weighted by Gasteiger charge is 2.33. The molecule has 1 unspecified atom stereocenters. The van der Waals surface area contributed by atoms with Gasteiger partial charge >= 0.3 is 6.09 Å². The molecule has 3 N–H and O–H groups in total. The summed E-state index contributed by atoms with van der Waals surface area (Å²) in [5, 5.41) is 9.57. The summed E-state index contributed by atoms with van der Waals surface area (Å²) in [6, 6.07) is 8.61. The first-order chi connectivity index (χ1) is 17.4. The summed E-state index contributed by atoms with van der Waals surface area (Å²) >= 11 is 0. The summed E-state index contributed by atoms with van der Waals surface area (Å²) in [7, 11) is -3.16. The van der Waals surface area contributed by atoms with Crippen molar-refractivity contribution in [3.63, 3.8) is 0 Å². The minimum Gasteiger partial charge on any atom is -0.442 e. The minimum atomic E-state index is -3.16. The standard InChI is InChI=1S/C24H30N8O4S/c1-23(2,3)36-22(33)32-37(5,34)17-7-6-10-25-21(17)30-20-11-19(27-15-28-20)29-18-9-8-16(12-26-18)31-24(4)13-35-14-24/h6-12,15,31H,13-14H2,1-5H3,(H2,25,26,27,28,29,30). The average Bonchev–Trinajstić information content (AvgIpc) is 2.78. The first-order valence-electron chi connectivity index (χ1n) is 11.5. The predicted octanol–water partition coefficient (Wildman–Crippen LogP) is 4.35. The molecule has 13 heteroatoms. The highest BCUT2D eigenvalue weighted by molar-refractivity contribution is 7.93. The number of pyridine rings is 2. The third kappa shape index (κ3) is 7.11. The number of carbonyl (C=O) groups is 1. The van der Waals surface area contributed by atoms with Crippen LogP contribution in [0.15, 0.2) is 58.3 Å². The van der Waals surface area contributed by atoms with Gasteiger partial charge in [-0.3, -0.25) is 0 Å². The van der Waals surface area contributed by atoms with Crippen LogP contribution in [-0.2, 0) is 19.2 Å². The first-order valence-corrected chi connectivity index (χ1v) is 13.4. The molecule has 1 aliphatic rings. The SMILES string of the molecule is CC1(Nc2ccc(Nc3cc(Nc4ncccc4S(C)(=O)=NC(=O)OC(C)(C)C)ncn3)nc2)COC1. The van der Waals surface area contributed by atoms with E-state index in [0.29, 0.717) is 30.7 Å². The topological polar surface area (TPSA) is 153 Å². The molecule has 37 heavy (non-hydrogen) atoms. The van der Waals surface area contributed by atoms with Crippen molar-refractivity contribution in [1.82, 2.24) is 19.9 Å². The summed E-state index contributed by atoms with van der Waals surface area (Å²) in [4.78, 5) is 29.6. The Hall–Kier alpha value is -3.84. The van der Waals surface area contributed by atoms with Gasteiger partial charge in [0.1, 0.15) is 35.2 Å². The molecule has 0 bridgehead atoms. The molecule has 4 rings (SSSR count). The van der Waals surface area contributed by atoms with E-state index in [4.69, 9.17) is 9.47 Å². The van der Waals surface area contributed by atoms with Gasteiger partial charge in [0.15, 0.2) is 0 Å². The molecule has 0 saturated carbocycles. The number of anilines is 5. The van der Waals surface area contributed by atoms with E-state index in [1.54, 1.807) is 45.2 Å². The molecule has 0 aliphatic carbocycles. The zero-order chi connectivity index (χ0) is 26.7. The van der Waals surface area contributed by atoms with E-state index in [1.165, 1.54) is 18.8 Å². The van der Waals surface area contributed by atoms with Gasteiger partial charge in [-0.1, -0.05) is 0 Å². The maximum Gasteiger partial charge on any atom is 0.442 e. The van der Waals surface area contributed by atoms with Gasteiger partial charge in [0.25, 0.3) is 0 Å². The molecular formula is C24H30N8O4S. The fourth-order valence-electron chi connectivity index (χ4n) is 3.38. The maximum absolute atomic E-state index is 13.3. The summed E-state index contributed by atoms with van der Waals surface area (Å²) in [5.41, 5.74) is 0.0614. The fraction of sp³-hybridized carbons (Fsp3) is 0.375. The molecule has 196 valence electrons. The number of carbonyl (C=O) groups excluding carboxylic acids is 1. The van der Waals surface area contributed by atoms with Crippen LogP contribution in [0, 0.1) is 0 Å². The van der Waals surface area contributed by atoms with Crippen LogP contribution in [0.5, 0.6) is 0 Å². The predicted molar refractivity (Wildman–Crippen MR) is 141 cm³/mol. The van der Waals surface area contributed by atoms with E-state index < -0.39 is 21.4 Å². The van der Waals surface area contributed by atoms with E-state index >= 15 is 0 Å². The third-order valence-corrected chi connectivity index (χ3v) is 6.68.